The summed E-state index contributed by atoms with van der Waals surface area (Å²) in [4.78, 5) is 0. The van der Waals surface area contributed by atoms with E-state index in [2.05, 4.69) is 175 Å². The second-order valence-corrected chi connectivity index (χ2v) is 36.9. The van der Waals surface area contributed by atoms with Crippen LogP contribution >= 0.6 is 24.8 Å². The van der Waals surface area contributed by atoms with Crippen molar-refractivity contribution in [2.45, 2.75) is 110 Å². The number of rotatable bonds is 11. The zero-order chi connectivity index (χ0) is 39.0. The monoisotopic (exact) mass is 939 g/mol. The largest absolute Gasteiger partial charge is 0.147 e. The van der Waals surface area contributed by atoms with Crippen LogP contribution in [-0.2, 0) is 40.6 Å². The zero-order valence-electron chi connectivity index (χ0n) is 35.5. The zero-order valence-corrected chi connectivity index (χ0v) is 43.6. The minimum atomic E-state index is -3.27. The Morgan fingerprint density at radius 1 is 0.500 bits per heavy atom. The Kier molecular flexibility index (Phi) is 14.8. The van der Waals surface area contributed by atoms with Crippen molar-refractivity contribution in [2.75, 3.05) is 0 Å². The molecule has 0 radical (unpaired) electrons. The summed E-state index contributed by atoms with van der Waals surface area (Å²) >= 11 is -3.27. The number of allylic oxidation sites excluding steroid dienone is 4. The molecule has 4 aliphatic carbocycles. The molecule has 58 heavy (non-hydrogen) atoms. The first-order valence-electron chi connectivity index (χ1n) is 21.3. The molecule has 0 aromatic heterocycles. The Balaban J connectivity index is 0.00000283. The summed E-state index contributed by atoms with van der Waals surface area (Å²) in [5, 5.41) is 6.04. The van der Waals surface area contributed by atoms with E-state index in [-0.39, 0.29) is 42.3 Å². The molecule has 0 bridgehead atoms. The van der Waals surface area contributed by atoms with E-state index in [1.807, 2.05) is 0 Å². The first kappa shape index (κ1) is 45.4. The third-order valence-corrected chi connectivity index (χ3v) is 41.2. The van der Waals surface area contributed by atoms with Gasteiger partial charge < -0.3 is 0 Å². The molecule has 0 fully saturated rings. The Labute approximate surface area is 375 Å². The Morgan fingerprint density at radius 2 is 0.862 bits per heavy atom. The molecule has 4 aliphatic rings. The maximum atomic E-state index is 8.21. The molecule has 8 rings (SSSR count). The average molecular weight is 942 g/mol. The molecule has 0 heterocycles. The van der Waals surface area contributed by atoms with Crippen LogP contribution in [0.15, 0.2) is 156 Å². The summed E-state index contributed by atoms with van der Waals surface area (Å²) in [6.45, 7) is 14.2. The van der Waals surface area contributed by atoms with E-state index in [9.17, 15) is 0 Å². The number of halogens is 2. The van der Waals surface area contributed by atoms with Gasteiger partial charge in [-0.05, 0) is 0 Å². The molecule has 0 aliphatic heterocycles. The van der Waals surface area contributed by atoms with Crippen LogP contribution < -0.4 is 20.7 Å². The molecule has 305 valence electrons. The van der Waals surface area contributed by atoms with Crippen LogP contribution in [0.4, 0.5) is 0 Å². The van der Waals surface area contributed by atoms with Crippen molar-refractivity contribution >= 4 is 71.0 Å². The third kappa shape index (κ3) is 8.93. The van der Waals surface area contributed by atoms with Crippen molar-refractivity contribution in [3.63, 3.8) is 0 Å². The van der Waals surface area contributed by atoms with E-state index >= 15 is 0 Å². The molecule has 0 amide bonds. The maximum Gasteiger partial charge on any atom is -0.147 e. The second kappa shape index (κ2) is 18.9. The van der Waals surface area contributed by atoms with Crippen LogP contribution in [0.1, 0.15) is 104 Å². The molecular formula is C50H63Cl2O2Si3Zr. The van der Waals surface area contributed by atoms with Crippen LogP contribution in [0, 0.1) is 0 Å². The summed E-state index contributed by atoms with van der Waals surface area (Å²) in [5.41, 5.74) is 9.44. The molecule has 2 atom stereocenters. The Hall–Kier alpha value is -2.13. The van der Waals surface area contributed by atoms with E-state index in [4.69, 9.17) is 8.85 Å². The molecule has 2 unspecified atom stereocenters. The van der Waals surface area contributed by atoms with Gasteiger partial charge in [0.25, 0.3) is 0 Å². The first-order chi connectivity index (χ1) is 27.0. The summed E-state index contributed by atoms with van der Waals surface area (Å²) in [6.07, 6.45) is 20.1. The van der Waals surface area contributed by atoms with Gasteiger partial charge in [-0.15, -0.1) is 24.8 Å². The summed E-state index contributed by atoms with van der Waals surface area (Å²) in [7, 11) is -2.31. The third-order valence-electron chi connectivity index (χ3n) is 12.9. The van der Waals surface area contributed by atoms with Crippen molar-refractivity contribution < 1.29 is 29.8 Å². The van der Waals surface area contributed by atoms with E-state index in [0.717, 1.165) is 12.8 Å². The molecule has 0 spiro atoms. The van der Waals surface area contributed by atoms with Crippen LogP contribution in [0.25, 0.3) is 0 Å². The van der Waals surface area contributed by atoms with Gasteiger partial charge >= 0.3 is 353 Å². The topological polar surface area (TPSA) is 18.5 Å². The molecule has 0 saturated heterocycles. The standard InChI is InChI=1S/2C19H25OSi.C12H11Si.2ClH.Zr/c2*1-19(2,3)16-10-6-7-11-18(16)21-20-17-13-12-14-8-4-5-9-15(14)17;1-3-7-11(8-4-1)13-12-9-5-2-6-10-12;;;/h2*6-7,10-13H,4-5,8-9,21H2,1-3H3;1-10,13H;2*1H;. The number of hydrogen-bond donors (Lipinski definition) is 0. The fraction of sp³-hybridized carbons (Fsp3) is 0.360. The van der Waals surface area contributed by atoms with Gasteiger partial charge in [0.1, 0.15) is 0 Å². The molecule has 4 aromatic rings. The van der Waals surface area contributed by atoms with Crippen LogP contribution in [0.3, 0.4) is 0 Å². The van der Waals surface area contributed by atoms with E-state index in [1.165, 1.54) is 60.0 Å². The maximum absolute atomic E-state index is 8.21. The van der Waals surface area contributed by atoms with Crippen LogP contribution in [0.2, 0.25) is 0 Å². The fourth-order valence-electron chi connectivity index (χ4n) is 10.3. The van der Waals surface area contributed by atoms with Gasteiger partial charge in [-0.3, -0.25) is 0 Å². The first-order valence-corrected chi connectivity index (χ1v) is 32.3. The summed E-state index contributed by atoms with van der Waals surface area (Å²) in [6, 6.07) is 42.0. The molecule has 8 heteroatoms. The SMILES string of the molecule is CC(C)(C)c1ccccc1[SiH2]O[C]1([Zr]([SiH](c2ccccc2)c2ccccc2)[C]2(O[SiH2]c3ccccc3C(C)(C)C)C=CC3=C2CCCC3)C=CC2=C1CCCC2.Cl.Cl. The minimum Gasteiger partial charge on any atom is -0.147 e. The van der Waals surface area contributed by atoms with Crippen molar-refractivity contribution in [3.05, 3.63) is 167 Å². The molecule has 0 saturated carbocycles. The Morgan fingerprint density at radius 3 is 1.26 bits per heavy atom. The smallest absolute Gasteiger partial charge is 0.147 e. The van der Waals surface area contributed by atoms with E-state index in [1.54, 1.807) is 32.7 Å². The predicted octanol–water partition coefficient (Wildman–Crippen LogP) is 8.71. The van der Waals surface area contributed by atoms with E-state index in [0.29, 0.717) is 0 Å². The Bertz CT molecular complexity index is 2020. The molecule has 4 aromatic carbocycles. The van der Waals surface area contributed by atoms with Crippen molar-refractivity contribution in [3.8, 4) is 0 Å². The van der Waals surface area contributed by atoms with Gasteiger partial charge in [-0.1, -0.05) is 0 Å². The van der Waals surface area contributed by atoms with Crippen molar-refractivity contribution in [1.82, 2.24) is 0 Å². The van der Waals surface area contributed by atoms with Crippen molar-refractivity contribution in [2.24, 2.45) is 0 Å². The summed E-state index contributed by atoms with van der Waals surface area (Å²) < 4.78 is 15.7. The second-order valence-electron chi connectivity index (χ2n) is 18.6. The van der Waals surface area contributed by atoms with Gasteiger partial charge in [0.15, 0.2) is 0 Å². The number of benzene rings is 4. The minimum absolute atomic E-state index is 0. The van der Waals surface area contributed by atoms with Crippen LogP contribution in [-0.4, -0.2) is 32.1 Å². The number of hydrogen-bond acceptors (Lipinski definition) is 2. The quantitative estimate of drug-likeness (QED) is 0.140. The van der Waals surface area contributed by atoms with Crippen LogP contribution in [0.5, 0.6) is 0 Å². The normalized spacial score (nSPS) is 21.8. The summed E-state index contributed by atoms with van der Waals surface area (Å²) in [5.74, 6) is -1.96. The molecular weight excluding hydrogens is 879 g/mol. The molecule has 2 nitrogen and oxygen atoms in total. The van der Waals surface area contributed by atoms with Crippen molar-refractivity contribution in [1.29, 1.82) is 0 Å². The van der Waals surface area contributed by atoms with Gasteiger partial charge in [-0.25, -0.2) is 0 Å². The fourth-order valence-corrected chi connectivity index (χ4v) is 46.4. The van der Waals surface area contributed by atoms with Gasteiger partial charge in [-0.2, -0.15) is 0 Å². The predicted molar refractivity (Wildman–Crippen MR) is 257 cm³/mol. The van der Waals surface area contributed by atoms with Gasteiger partial charge in [0.2, 0.25) is 0 Å². The van der Waals surface area contributed by atoms with Gasteiger partial charge in [0.05, 0.1) is 0 Å². The molecule has 0 N–H and O–H groups in total. The van der Waals surface area contributed by atoms with Gasteiger partial charge in [0, 0.05) is 0 Å². The average Bonchev–Trinajstić information content (AvgIpc) is 3.78. The van der Waals surface area contributed by atoms with E-state index < -0.39 is 46.4 Å².